The number of ketones is 4. The van der Waals surface area contributed by atoms with Crippen LogP contribution in [-0.2, 0) is 35.1 Å². The molecule has 0 heterocycles. The standard InChI is InChI=1S/C30H30N2O10/c1-12-15-5-4-6-16(34)19(15)24(36)20-18(12)26(42-17(35)11-13-7-9-14(33)10-8-13)22-23(32(2)3)25(37)21(29(31)40)28(39)30(22,41)27(20)38/h4-10,12,18,20-23,26,33-34,41H,11H2,1-3H3,(H2,31,40)/t12-,18+,20?,21?,22+,23-,26-,30-/m0/s1. The monoisotopic (exact) mass is 578 g/mol. The Balaban J connectivity index is 1.70. The maximum atomic E-state index is 14.2. The van der Waals surface area contributed by atoms with Gasteiger partial charge < -0.3 is 25.8 Å². The van der Waals surface area contributed by atoms with Crippen molar-refractivity contribution in [2.45, 2.75) is 37.0 Å². The number of carbonyl (C=O) groups excluding carboxylic acids is 6. The Labute approximate surface area is 240 Å². The van der Waals surface area contributed by atoms with Crippen LogP contribution in [0, 0.1) is 23.7 Å². The van der Waals surface area contributed by atoms with Crippen LogP contribution in [0.15, 0.2) is 42.5 Å². The quantitative estimate of drug-likeness (QED) is 0.273. The highest BCUT2D eigenvalue weighted by atomic mass is 16.5. The zero-order valence-electron chi connectivity index (χ0n) is 23.0. The first-order valence-electron chi connectivity index (χ1n) is 13.4. The van der Waals surface area contributed by atoms with Crippen LogP contribution in [-0.4, -0.2) is 87.1 Å². The second-order valence-corrected chi connectivity index (χ2v) is 11.4. The molecule has 5 N–H and O–H groups in total. The number of esters is 1. The van der Waals surface area contributed by atoms with Gasteiger partial charge in [0.15, 0.2) is 34.7 Å². The van der Waals surface area contributed by atoms with Crippen molar-refractivity contribution in [3.8, 4) is 11.5 Å². The summed E-state index contributed by atoms with van der Waals surface area (Å²) in [5.41, 5.74) is 2.95. The Hall–Kier alpha value is -4.42. The van der Waals surface area contributed by atoms with E-state index in [4.69, 9.17) is 10.5 Å². The second kappa shape index (κ2) is 10.1. The van der Waals surface area contributed by atoms with E-state index >= 15 is 0 Å². The van der Waals surface area contributed by atoms with E-state index in [1.54, 1.807) is 13.0 Å². The number of nitrogens with two attached hydrogens (primary N) is 1. The van der Waals surface area contributed by atoms with Gasteiger partial charge in [-0.05, 0) is 49.3 Å². The minimum atomic E-state index is -3.09. The number of primary amides is 1. The maximum Gasteiger partial charge on any atom is 0.310 e. The number of ether oxygens (including phenoxy) is 1. The van der Waals surface area contributed by atoms with Crippen molar-refractivity contribution < 1.29 is 48.8 Å². The second-order valence-electron chi connectivity index (χ2n) is 11.4. The molecule has 2 unspecified atom stereocenters. The lowest BCUT2D eigenvalue weighted by Crippen LogP contribution is -2.78. The number of nitrogens with zero attached hydrogens (tertiary/aromatic N) is 1. The van der Waals surface area contributed by atoms with Gasteiger partial charge in [0.2, 0.25) is 5.91 Å². The van der Waals surface area contributed by atoms with Gasteiger partial charge in [0, 0.05) is 5.92 Å². The molecule has 0 spiro atoms. The Morgan fingerprint density at radius 1 is 1.00 bits per heavy atom. The molecule has 220 valence electrons. The van der Waals surface area contributed by atoms with Gasteiger partial charge in [0.05, 0.1) is 29.9 Å². The molecule has 12 nitrogen and oxygen atoms in total. The summed E-state index contributed by atoms with van der Waals surface area (Å²) >= 11 is 0. The van der Waals surface area contributed by atoms with E-state index in [2.05, 4.69) is 0 Å². The van der Waals surface area contributed by atoms with Crippen LogP contribution >= 0.6 is 0 Å². The minimum absolute atomic E-state index is 0.0284. The van der Waals surface area contributed by atoms with Gasteiger partial charge in [0.25, 0.3) is 0 Å². The summed E-state index contributed by atoms with van der Waals surface area (Å²) in [6, 6.07) is 8.59. The van der Waals surface area contributed by atoms with Gasteiger partial charge in [0.1, 0.15) is 17.6 Å². The molecule has 0 aliphatic heterocycles. The van der Waals surface area contributed by atoms with Crippen molar-refractivity contribution in [2.24, 2.45) is 29.4 Å². The normalized spacial score (nSPS) is 32.2. The predicted octanol–water partition coefficient (Wildman–Crippen LogP) is -0.102. The molecule has 2 fully saturated rings. The van der Waals surface area contributed by atoms with Crippen molar-refractivity contribution >= 4 is 35.0 Å². The third-order valence-electron chi connectivity index (χ3n) is 8.88. The number of hydrogen-bond donors (Lipinski definition) is 4. The number of aliphatic hydroxyl groups is 1. The molecule has 0 bridgehead atoms. The van der Waals surface area contributed by atoms with Gasteiger partial charge in [-0.15, -0.1) is 0 Å². The number of rotatable bonds is 5. The van der Waals surface area contributed by atoms with Crippen LogP contribution in [0.5, 0.6) is 11.5 Å². The molecule has 0 aromatic heterocycles. The zero-order chi connectivity index (χ0) is 30.8. The molecule has 8 atom stereocenters. The van der Waals surface area contributed by atoms with Gasteiger partial charge >= 0.3 is 5.97 Å². The van der Waals surface area contributed by atoms with Crippen molar-refractivity contribution in [1.29, 1.82) is 0 Å². The highest BCUT2D eigenvalue weighted by Gasteiger charge is 2.74. The minimum Gasteiger partial charge on any atom is -0.508 e. The molecule has 0 radical (unpaired) electrons. The largest absolute Gasteiger partial charge is 0.508 e. The number of likely N-dealkylation sites (N-methyl/N-ethyl adjacent to an activating group) is 1. The fourth-order valence-electron chi connectivity index (χ4n) is 7.04. The van der Waals surface area contributed by atoms with Gasteiger partial charge in [-0.2, -0.15) is 0 Å². The number of fused-ring (bicyclic) bond motifs is 3. The third-order valence-corrected chi connectivity index (χ3v) is 8.88. The van der Waals surface area contributed by atoms with Gasteiger partial charge in [-0.25, -0.2) is 0 Å². The average molecular weight is 579 g/mol. The van der Waals surface area contributed by atoms with E-state index in [1.165, 1.54) is 55.4 Å². The highest BCUT2D eigenvalue weighted by Crippen LogP contribution is 2.55. The Morgan fingerprint density at radius 2 is 1.64 bits per heavy atom. The summed E-state index contributed by atoms with van der Waals surface area (Å²) in [5, 5.41) is 32.2. The number of hydrogen-bond acceptors (Lipinski definition) is 11. The van der Waals surface area contributed by atoms with E-state index < -0.39 is 88.1 Å². The molecule has 2 aromatic carbocycles. The molecule has 3 aliphatic carbocycles. The van der Waals surface area contributed by atoms with Crippen LogP contribution in [0.3, 0.4) is 0 Å². The number of phenols is 2. The molecule has 1 amide bonds. The summed E-state index contributed by atoms with van der Waals surface area (Å²) < 4.78 is 5.94. The molecule has 12 heteroatoms. The lowest BCUT2D eigenvalue weighted by Gasteiger charge is -2.56. The maximum absolute atomic E-state index is 14.2. The first-order chi connectivity index (χ1) is 19.7. The van der Waals surface area contributed by atoms with Crippen molar-refractivity contribution in [3.63, 3.8) is 0 Å². The van der Waals surface area contributed by atoms with E-state index in [9.17, 15) is 44.1 Å². The lowest BCUT2D eigenvalue weighted by atomic mass is 9.49. The molecular weight excluding hydrogens is 548 g/mol. The Kier molecular flexibility index (Phi) is 7.02. The fourth-order valence-corrected chi connectivity index (χ4v) is 7.04. The zero-order valence-corrected chi connectivity index (χ0v) is 23.0. The van der Waals surface area contributed by atoms with Gasteiger partial charge in [-0.1, -0.05) is 31.2 Å². The lowest BCUT2D eigenvalue weighted by molar-refractivity contribution is -0.205. The summed E-state index contributed by atoms with van der Waals surface area (Å²) in [6.45, 7) is 1.66. The first kappa shape index (κ1) is 29.1. The number of Topliss-reactive ketones (excluding diaryl/α,β-unsaturated/α-hetero) is 4. The molecule has 0 saturated heterocycles. The number of amides is 1. The number of benzene rings is 2. The van der Waals surface area contributed by atoms with Crippen LogP contribution in [0.4, 0.5) is 0 Å². The number of carbonyl (C=O) groups is 6. The first-order valence-corrected chi connectivity index (χ1v) is 13.4. The van der Waals surface area contributed by atoms with Crippen molar-refractivity contribution in [2.75, 3.05) is 14.1 Å². The van der Waals surface area contributed by atoms with E-state index in [1.807, 2.05) is 0 Å². The average Bonchev–Trinajstić information content (AvgIpc) is 2.91. The summed E-state index contributed by atoms with van der Waals surface area (Å²) in [5.74, 6) is -14.7. The molecular formula is C30H30N2O10. The van der Waals surface area contributed by atoms with E-state index in [-0.39, 0.29) is 17.7 Å². The number of aromatic hydroxyl groups is 2. The van der Waals surface area contributed by atoms with Crippen LogP contribution in [0.2, 0.25) is 0 Å². The van der Waals surface area contributed by atoms with Gasteiger partial charge in [-0.3, -0.25) is 33.7 Å². The number of phenolic OH excluding ortho intramolecular Hbond substituents is 2. The SMILES string of the molecule is C[C@H]1c2cccc(O)c2C(=O)C2C(=O)[C@]3(O)C(=O)C(C(N)=O)C(=O)[C@@H](N(C)C)[C@@H]3[C@@H](OC(=O)Cc3ccc(O)cc3)[C@@H]21. The highest BCUT2D eigenvalue weighted by molar-refractivity contribution is 6.32. The summed E-state index contributed by atoms with van der Waals surface area (Å²) in [7, 11) is 2.87. The molecule has 5 rings (SSSR count). The Bertz CT molecular complexity index is 1530. The van der Waals surface area contributed by atoms with Crippen LogP contribution in [0.1, 0.15) is 34.3 Å². The third kappa shape index (κ3) is 4.12. The summed E-state index contributed by atoms with van der Waals surface area (Å²) in [4.78, 5) is 82.3. The van der Waals surface area contributed by atoms with Crippen molar-refractivity contribution in [3.05, 3.63) is 59.2 Å². The van der Waals surface area contributed by atoms with E-state index in [0.29, 0.717) is 11.1 Å². The van der Waals surface area contributed by atoms with Crippen LogP contribution in [0.25, 0.3) is 0 Å². The molecule has 2 aromatic rings. The Morgan fingerprint density at radius 3 is 2.24 bits per heavy atom. The summed E-state index contributed by atoms with van der Waals surface area (Å²) in [6.07, 6.45) is -1.85. The smallest absolute Gasteiger partial charge is 0.310 e. The van der Waals surface area contributed by atoms with Crippen LogP contribution < -0.4 is 5.73 Å². The molecule has 42 heavy (non-hydrogen) atoms. The van der Waals surface area contributed by atoms with E-state index in [0.717, 1.165) is 0 Å². The van der Waals surface area contributed by atoms with Crippen molar-refractivity contribution in [1.82, 2.24) is 4.90 Å². The molecule has 2 saturated carbocycles. The topological polar surface area (TPSA) is 202 Å². The molecule has 3 aliphatic rings. The predicted molar refractivity (Wildman–Crippen MR) is 143 cm³/mol. The fraction of sp³-hybridized carbons (Fsp3) is 0.400.